The largest absolute Gasteiger partial charge is 0.482 e. The number of ether oxygens (including phenoxy) is 2. The van der Waals surface area contributed by atoms with Crippen LogP contribution in [0.3, 0.4) is 0 Å². The van der Waals surface area contributed by atoms with Crippen molar-refractivity contribution in [2.24, 2.45) is 0 Å². The molecule has 10 nitrogen and oxygen atoms in total. The van der Waals surface area contributed by atoms with Gasteiger partial charge < -0.3 is 25.8 Å². The van der Waals surface area contributed by atoms with Crippen LogP contribution in [-0.2, 0) is 16.1 Å². The summed E-state index contributed by atoms with van der Waals surface area (Å²) in [6.45, 7) is 0.315. The highest BCUT2D eigenvalue weighted by molar-refractivity contribution is 5.81. The lowest BCUT2D eigenvalue weighted by Crippen LogP contribution is -2.18. The number of benzene rings is 1. The first-order valence-corrected chi connectivity index (χ1v) is 8.01. The Labute approximate surface area is 155 Å². The number of nitrogens with zero attached hydrogens (tertiary/aromatic N) is 5. The molecule has 0 spiro atoms. The number of nitrogen functional groups attached to an aromatic ring is 2. The molecule has 27 heavy (non-hydrogen) atoms. The highest BCUT2D eigenvalue weighted by Gasteiger charge is 2.10. The van der Waals surface area contributed by atoms with Crippen molar-refractivity contribution >= 4 is 34.6 Å². The molecule has 0 radical (unpaired) electrons. The van der Waals surface area contributed by atoms with Crippen LogP contribution >= 0.6 is 0 Å². The fraction of sp³-hybridized carbons (Fsp3) is 0.235. The zero-order chi connectivity index (χ0) is 19.4. The number of fused-ring (bicyclic) bond motifs is 1. The number of methoxy groups -OCH3 is 1. The van der Waals surface area contributed by atoms with Crippen molar-refractivity contribution in [1.29, 1.82) is 0 Å². The van der Waals surface area contributed by atoms with E-state index in [9.17, 15) is 4.79 Å². The molecule has 0 atom stereocenters. The summed E-state index contributed by atoms with van der Waals surface area (Å²) in [5.41, 5.74) is 13.7. The first kappa shape index (κ1) is 18.1. The van der Waals surface area contributed by atoms with E-state index < -0.39 is 5.97 Å². The lowest BCUT2D eigenvalue weighted by molar-refractivity contribution is -0.142. The van der Waals surface area contributed by atoms with Crippen molar-refractivity contribution < 1.29 is 14.3 Å². The zero-order valence-corrected chi connectivity index (χ0v) is 14.9. The minimum atomic E-state index is -0.444. The van der Waals surface area contributed by atoms with Gasteiger partial charge in [-0.05, 0) is 12.1 Å². The Kier molecular flexibility index (Phi) is 5.15. The van der Waals surface area contributed by atoms with Gasteiger partial charge in [0.25, 0.3) is 0 Å². The van der Waals surface area contributed by atoms with Crippen LogP contribution in [0.4, 0.5) is 17.5 Å². The third-order valence-electron chi connectivity index (χ3n) is 3.74. The van der Waals surface area contributed by atoms with Gasteiger partial charge in [0.2, 0.25) is 5.95 Å². The van der Waals surface area contributed by atoms with Crippen LogP contribution in [0.5, 0.6) is 5.75 Å². The highest BCUT2D eigenvalue weighted by Crippen LogP contribution is 2.22. The maximum absolute atomic E-state index is 11.2. The number of hydrogen-bond acceptors (Lipinski definition) is 10. The van der Waals surface area contributed by atoms with Crippen molar-refractivity contribution in [1.82, 2.24) is 19.9 Å². The second kappa shape index (κ2) is 7.68. The molecule has 140 valence electrons. The standard InChI is InChI=1S/C17H19N7O3/c1-24(11-4-3-5-12(6-11)27-9-13(25)26-2)8-10-7-20-16-14(21-10)15(18)22-17(19)23-16/h3-7H,8-9H2,1-2H3,(H4,18,19,20,22,23). The molecular weight excluding hydrogens is 350 g/mol. The van der Waals surface area contributed by atoms with Gasteiger partial charge in [-0.1, -0.05) is 6.07 Å². The van der Waals surface area contributed by atoms with Gasteiger partial charge in [0.15, 0.2) is 23.6 Å². The first-order valence-electron chi connectivity index (χ1n) is 8.01. The summed E-state index contributed by atoms with van der Waals surface area (Å²) in [7, 11) is 3.21. The van der Waals surface area contributed by atoms with Gasteiger partial charge in [-0.15, -0.1) is 0 Å². The summed E-state index contributed by atoms with van der Waals surface area (Å²) in [6, 6.07) is 7.32. The zero-order valence-electron chi connectivity index (χ0n) is 14.9. The van der Waals surface area contributed by atoms with Crippen LogP contribution in [0.15, 0.2) is 30.5 Å². The molecule has 4 N–H and O–H groups in total. The van der Waals surface area contributed by atoms with E-state index in [2.05, 4.69) is 24.7 Å². The van der Waals surface area contributed by atoms with E-state index in [1.807, 2.05) is 30.1 Å². The van der Waals surface area contributed by atoms with Crippen LogP contribution in [0.25, 0.3) is 11.2 Å². The van der Waals surface area contributed by atoms with Crippen LogP contribution in [0.1, 0.15) is 5.69 Å². The maximum Gasteiger partial charge on any atom is 0.343 e. The predicted octanol–water partition coefficient (Wildman–Crippen LogP) is 0.772. The Morgan fingerprint density at radius 3 is 2.81 bits per heavy atom. The normalized spacial score (nSPS) is 10.6. The second-order valence-electron chi connectivity index (χ2n) is 5.72. The Morgan fingerprint density at radius 2 is 2.04 bits per heavy atom. The third-order valence-corrected chi connectivity index (χ3v) is 3.74. The molecule has 10 heteroatoms. The lowest BCUT2D eigenvalue weighted by Gasteiger charge is -2.19. The molecule has 0 saturated carbocycles. The smallest absolute Gasteiger partial charge is 0.343 e. The number of carbonyl (C=O) groups is 1. The van der Waals surface area contributed by atoms with Crippen molar-refractivity contribution in [2.75, 3.05) is 37.1 Å². The molecule has 3 aromatic rings. The van der Waals surface area contributed by atoms with E-state index in [0.717, 1.165) is 5.69 Å². The van der Waals surface area contributed by atoms with Crippen molar-refractivity contribution in [3.63, 3.8) is 0 Å². The van der Waals surface area contributed by atoms with E-state index in [4.69, 9.17) is 16.2 Å². The summed E-state index contributed by atoms with van der Waals surface area (Å²) in [4.78, 5) is 29.8. The molecule has 0 amide bonds. The Morgan fingerprint density at radius 1 is 1.22 bits per heavy atom. The molecule has 1 aromatic carbocycles. The summed E-state index contributed by atoms with van der Waals surface area (Å²) in [6.07, 6.45) is 1.61. The van der Waals surface area contributed by atoms with E-state index in [0.29, 0.717) is 29.2 Å². The molecule has 0 saturated heterocycles. The second-order valence-corrected chi connectivity index (χ2v) is 5.72. The van der Waals surface area contributed by atoms with Crippen LogP contribution in [0, 0.1) is 0 Å². The van der Waals surface area contributed by atoms with Gasteiger partial charge in [0, 0.05) is 18.8 Å². The maximum atomic E-state index is 11.2. The predicted molar refractivity (Wildman–Crippen MR) is 100 cm³/mol. The molecule has 0 aliphatic heterocycles. The molecule has 0 unspecified atom stereocenters. The SMILES string of the molecule is COC(=O)COc1cccc(N(C)Cc2cnc3nc(N)nc(N)c3n2)c1. The Bertz CT molecular complexity index is 980. The van der Waals surface area contributed by atoms with Gasteiger partial charge in [-0.3, -0.25) is 0 Å². The van der Waals surface area contributed by atoms with Crippen LogP contribution in [-0.4, -0.2) is 46.7 Å². The van der Waals surface area contributed by atoms with Crippen LogP contribution < -0.4 is 21.1 Å². The molecule has 0 fully saturated rings. The van der Waals surface area contributed by atoms with Gasteiger partial charge in [0.05, 0.1) is 25.5 Å². The molecule has 3 rings (SSSR count). The number of anilines is 3. The number of nitrogens with two attached hydrogens (primary N) is 2. The number of rotatable bonds is 6. The minimum absolute atomic E-state index is 0.0583. The molecular formula is C17H19N7O3. The third kappa shape index (κ3) is 4.29. The summed E-state index contributed by atoms with van der Waals surface area (Å²) >= 11 is 0. The van der Waals surface area contributed by atoms with Gasteiger partial charge in [-0.2, -0.15) is 9.97 Å². The number of carbonyl (C=O) groups excluding carboxylic acids is 1. The minimum Gasteiger partial charge on any atom is -0.482 e. The van der Waals surface area contributed by atoms with Crippen molar-refractivity contribution in [2.45, 2.75) is 6.54 Å². The fourth-order valence-electron chi connectivity index (χ4n) is 2.41. The molecule has 0 aliphatic carbocycles. The van der Waals surface area contributed by atoms with Gasteiger partial charge >= 0.3 is 5.97 Å². The Balaban J connectivity index is 1.76. The number of aromatic nitrogens is 4. The van der Waals surface area contributed by atoms with E-state index in [-0.39, 0.29) is 18.4 Å². The number of esters is 1. The molecule has 2 aromatic heterocycles. The Hall–Kier alpha value is -3.69. The van der Waals surface area contributed by atoms with E-state index in [1.54, 1.807) is 12.3 Å². The average Bonchev–Trinajstić information content (AvgIpc) is 2.66. The van der Waals surface area contributed by atoms with Crippen LogP contribution in [0.2, 0.25) is 0 Å². The lowest BCUT2D eigenvalue weighted by atomic mass is 10.2. The highest BCUT2D eigenvalue weighted by atomic mass is 16.6. The fourth-order valence-corrected chi connectivity index (χ4v) is 2.41. The first-order chi connectivity index (χ1) is 13.0. The summed E-state index contributed by atoms with van der Waals surface area (Å²) < 4.78 is 9.97. The topological polar surface area (TPSA) is 142 Å². The average molecular weight is 369 g/mol. The molecule has 0 bridgehead atoms. The van der Waals surface area contributed by atoms with E-state index >= 15 is 0 Å². The molecule has 2 heterocycles. The monoisotopic (exact) mass is 369 g/mol. The summed E-state index contributed by atoms with van der Waals surface area (Å²) in [5.74, 6) is 0.360. The van der Waals surface area contributed by atoms with Crippen molar-refractivity contribution in [3.05, 3.63) is 36.2 Å². The van der Waals surface area contributed by atoms with Gasteiger partial charge in [0.1, 0.15) is 5.75 Å². The van der Waals surface area contributed by atoms with Gasteiger partial charge in [-0.25, -0.2) is 14.8 Å². The summed E-state index contributed by atoms with van der Waals surface area (Å²) in [5, 5.41) is 0. The molecule has 0 aliphatic rings. The number of hydrogen-bond donors (Lipinski definition) is 2. The quantitative estimate of drug-likeness (QED) is 0.598. The van der Waals surface area contributed by atoms with E-state index in [1.165, 1.54) is 7.11 Å². The van der Waals surface area contributed by atoms with Crippen molar-refractivity contribution in [3.8, 4) is 5.75 Å².